The molecular weight excluding hydrogens is 250 g/mol. The van der Waals surface area contributed by atoms with Crippen LogP contribution in [0.1, 0.15) is 5.56 Å². The van der Waals surface area contributed by atoms with Crippen LogP contribution in [0, 0.1) is 0 Å². The number of hydrogen-bond acceptors (Lipinski definition) is 3. The van der Waals surface area contributed by atoms with Crippen molar-refractivity contribution in [3.63, 3.8) is 0 Å². The number of ether oxygens (including phenoxy) is 1. The van der Waals surface area contributed by atoms with Crippen molar-refractivity contribution in [1.82, 2.24) is 0 Å². The monoisotopic (exact) mass is 263 g/mol. The third-order valence-electron chi connectivity index (χ3n) is 2.63. The number of halogens is 1. The Labute approximate surface area is 111 Å². The maximum absolute atomic E-state index is 9.64. The van der Waals surface area contributed by atoms with Gasteiger partial charge < -0.3 is 15.2 Å². The summed E-state index contributed by atoms with van der Waals surface area (Å²) >= 11 is 6.03. The van der Waals surface area contributed by atoms with Gasteiger partial charge in [0.15, 0.2) is 0 Å². The second-order valence-electron chi connectivity index (χ2n) is 3.83. The number of phenols is 1. The molecule has 0 aliphatic heterocycles. The molecule has 0 bridgehead atoms. The van der Waals surface area contributed by atoms with Gasteiger partial charge in [0.2, 0.25) is 0 Å². The molecule has 2 rings (SSSR count). The zero-order valence-electron chi connectivity index (χ0n) is 9.98. The fraction of sp³-hybridized carbons (Fsp3) is 0.143. The summed E-state index contributed by atoms with van der Waals surface area (Å²) in [6.07, 6.45) is 0. The largest absolute Gasteiger partial charge is 0.508 e. The van der Waals surface area contributed by atoms with Crippen LogP contribution < -0.4 is 10.1 Å². The molecule has 0 unspecified atom stereocenters. The first kappa shape index (κ1) is 12.6. The molecule has 94 valence electrons. The first-order valence-corrected chi connectivity index (χ1v) is 5.93. The molecular formula is C14H14ClNO2. The number of methoxy groups -OCH3 is 1. The van der Waals surface area contributed by atoms with Crippen molar-refractivity contribution in [3.8, 4) is 11.5 Å². The molecule has 0 aliphatic rings. The third-order valence-corrected chi connectivity index (χ3v) is 2.92. The number of anilines is 1. The zero-order valence-corrected chi connectivity index (χ0v) is 10.7. The van der Waals surface area contributed by atoms with E-state index >= 15 is 0 Å². The highest BCUT2D eigenvalue weighted by atomic mass is 35.5. The van der Waals surface area contributed by atoms with Crippen molar-refractivity contribution in [2.75, 3.05) is 12.4 Å². The van der Waals surface area contributed by atoms with Crippen LogP contribution in [0.15, 0.2) is 42.5 Å². The Morgan fingerprint density at radius 1 is 1.22 bits per heavy atom. The van der Waals surface area contributed by atoms with E-state index in [9.17, 15) is 5.11 Å². The molecule has 4 heteroatoms. The summed E-state index contributed by atoms with van der Waals surface area (Å²) in [6.45, 7) is 0.537. The molecule has 2 N–H and O–H groups in total. The molecule has 2 aromatic carbocycles. The van der Waals surface area contributed by atoms with Gasteiger partial charge in [-0.25, -0.2) is 0 Å². The highest BCUT2D eigenvalue weighted by molar-refractivity contribution is 6.32. The van der Waals surface area contributed by atoms with E-state index in [1.165, 1.54) is 0 Å². The van der Waals surface area contributed by atoms with Gasteiger partial charge in [-0.1, -0.05) is 29.8 Å². The molecule has 0 saturated heterocycles. The van der Waals surface area contributed by atoms with Gasteiger partial charge in [-0.15, -0.1) is 0 Å². The zero-order chi connectivity index (χ0) is 13.0. The van der Waals surface area contributed by atoms with Crippen LogP contribution in [0.2, 0.25) is 5.02 Å². The molecule has 0 fully saturated rings. The minimum atomic E-state index is 0.282. The number of hydrogen-bond donors (Lipinski definition) is 2. The molecule has 2 aromatic rings. The lowest BCUT2D eigenvalue weighted by Crippen LogP contribution is -1.99. The maximum atomic E-state index is 9.64. The highest BCUT2D eigenvalue weighted by Gasteiger charge is 2.03. The average molecular weight is 264 g/mol. The van der Waals surface area contributed by atoms with Crippen LogP contribution in [-0.4, -0.2) is 12.2 Å². The second kappa shape index (κ2) is 5.65. The lowest BCUT2D eigenvalue weighted by atomic mass is 10.2. The van der Waals surface area contributed by atoms with Crippen molar-refractivity contribution in [2.24, 2.45) is 0 Å². The number of para-hydroxylation sites is 1. The standard InChI is InChI=1S/C14H14ClNO2/c1-18-14-7-6-11(8-12(14)15)16-9-10-4-2-3-5-13(10)17/h2-8,16-17H,9H2,1H3. The van der Waals surface area contributed by atoms with E-state index in [4.69, 9.17) is 16.3 Å². The minimum absolute atomic E-state index is 0.282. The van der Waals surface area contributed by atoms with Gasteiger partial charge in [-0.2, -0.15) is 0 Å². The predicted molar refractivity (Wildman–Crippen MR) is 73.4 cm³/mol. The van der Waals surface area contributed by atoms with E-state index in [0.717, 1.165) is 11.3 Å². The van der Waals surface area contributed by atoms with Crippen LogP contribution in [0.5, 0.6) is 11.5 Å². The summed E-state index contributed by atoms with van der Waals surface area (Å²) < 4.78 is 5.08. The molecule has 18 heavy (non-hydrogen) atoms. The quantitative estimate of drug-likeness (QED) is 0.884. The first-order valence-electron chi connectivity index (χ1n) is 5.55. The molecule has 0 atom stereocenters. The second-order valence-corrected chi connectivity index (χ2v) is 4.24. The Morgan fingerprint density at radius 2 is 2.00 bits per heavy atom. The molecule has 3 nitrogen and oxygen atoms in total. The van der Waals surface area contributed by atoms with Crippen molar-refractivity contribution in [1.29, 1.82) is 0 Å². The van der Waals surface area contributed by atoms with Crippen molar-refractivity contribution in [3.05, 3.63) is 53.1 Å². The van der Waals surface area contributed by atoms with Crippen LogP contribution in [0.3, 0.4) is 0 Å². The summed E-state index contributed by atoms with van der Waals surface area (Å²) in [7, 11) is 1.58. The Morgan fingerprint density at radius 3 is 2.67 bits per heavy atom. The van der Waals surface area contributed by atoms with Gasteiger partial charge in [0.1, 0.15) is 11.5 Å². The third kappa shape index (κ3) is 2.87. The minimum Gasteiger partial charge on any atom is -0.508 e. The maximum Gasteiger partial charge on any atom is 0.137 e. The van der Waals surface area contributed by atoms with Gasteiger partial charge >= 0.3 is 0 Å². The Kier molecular flexibility index (Phi) is 3.95. The van der Waals surface area contributed by atoms with E-state index in [-0.39, 0.29) is 5.75 Å². The fourth-order valence-electron chi connectivity index (χ4n) is 1.63. The molecule has 0 spiro atoms. The van der Waals surface area contributed by atoms with Gasteiger partial charge in [0.25, 0.3) is 0 Å². The van der Waals surface area contributed by atoms with E-state index in [1.807, 2.05) is 18.2 Å². The Bertz CT molecular complexity index is 543. The fourth-order valence-corrected chi connectivity index (χ4v) is 1.89. The van der Waals surface area contributed by atoms with E-state index < -0.39 is 0 Å². The number of benzene rings is 2. The number of rotatable bonds is 4. The number of phenolic OH excluding ortho intramolecular Hbond substituents is 1. The van der Waals surface area contributed by atoms with Crippen LogP contribution in [0.4, 0.5) is 5.69 Å². The predicted octanol–water partition coefficient (Wildman–Crippen LogP) is 3.67. The van der Waals surface area contributed by atoms with Gasteiger partial charge in [-0.3, -0.25) is 0 Å². The van der Waals surface area contributed by atoms with E-state index in [1.54, 1.807) is 31.4 Å². The molecule has 0 saturated carbocycles. The summed E-state index contributed by atoms with van der Waals surface area (Å²) in [4.78, 5) is 0. The smallest absolute Gasteiger partial charge is 0.137 e. The summed E-state index contributed by atoms with van der Waals surface area (Å²) in [6, 6.07) is 12.7. The normalized spacial score (nSPS) is 10.1. The molecule has 0 amide bonds. The Hall–Kier alpha value is -1.87. The van der Waals surface area contributed by atoms with E-state index in [0.29, 0.717) is 17.3 Å². The van der Waals surface area contributed by atoms with E-state index in [2.05, 4.69) is 5.32 Å². The van der Waals surface area contributed by atoms with Crippen LogP contribution >= 0.6 is 11.6 Å². The summed E-state index contributed by atoms with van der Waals surface area (Å²) in [5.74, 6) is 0.925. The van der Waals surface area contributed by atoms with Crippen LogP contribution in [-0.2, 0) is 6.54 Å². The first-order chi connectivity index (χ1) is 8.70. The van der Waals surface area contributed by atoms with Crippen molar-refractivity contribution in [2.45, 2.75) is 6.54 Å². The van der Waals surface area contributed by atoms with Gasteiger partial charge in [0, 0.05) is 17.8 Å². The number of aromatic hydroxyl groups is 1. The average Bonchev–Trinajstić information content (AvgIpc) is 2.38. The van der Waals surface area contributed by atoms with Gasteiger partial charge in [0.05, 0.1) is 12.1 Å². The lowest BCUT2D eigenvalue weighted by molar-refractivity contribution is 0.415. The highest BCUT2D eigenvalue weighted by Crippen LogP contribution is 2.27. The van der Waals surface area contributed by atoms with Gasteiger partial charge in [-0.05, 0) is 24.3 Å². The number of nitrogens with one attached hydrogen (secondary N) is 1. The summed E-state index contributed by atoms with van der Waals surface area (Å²) in [5.41, 5.74) is 1.72. The topological polar surface area (TPSA) is 41.5 Å². The molecule has 0 aliphatic carbocycles. The lowest BCUT2D eigenvalue weighted by Gasteiger charge is -2.10. The van der Waals surface area contributed by atoms with Crippen molar-refractivity contribution < 1.29 is 9.84 Å². The molecule has 0 aromatic heterocycles. The molecule has 0 radical (unpaired) electrons. The SMILES string of the molecule is COc1ccc(NCc2ccccc2O)cc1Cl. The Balaban J connectivity index is 2.07. The molecule has 0 heterocycles. The summed E-state index contributed by atoms with van der Waals surface area (Å²) in [5, 5.41) is 13.4. The van der Waals surface area contributed by atoms with Crippen molar-refractivity contribution >= 4 is 17.3 Å². The van der Waals surface area contributed by atoms with Crippen LogP contribution in [0.25, 0.3) is 0 Å².